The van der Waals surface area contributed by atoms with E-state index in [1.54, 1.807) is 7.05 Å². The summed E-state index contributed by atoms with van der Waals surface area (Å²) in [6.07, 6.45) is 1.54. The molecule has 2 amide bonds. The molecule has 1 aliphatic rings. The molecule has 6 heteroatoms. The fourth-order valence-corrected chi connectivity index (χ4v) is 2.01. The van der Waals surface area contributed by atoms with Gasteiger partial charge in [-0.1, -0.05) is 11.6 Å². The number of aliphatic hydroxyl groups is 1. The Hall–Kier alpha value is -1.33. The minimum Gasteiger partial charge on any atom is -0.391 e. The monoisotopic (exact) mass is 286 g/mol. The Kier molecular flexibility index (Phi) is 4.27. The zero-order valence-electron chi connectivity index (χ0n) is 10.6. The van der Waals surface area contributed by atoms with Gasteiger partial charge in [0.15, 0.2) is 0 Å². The average Bonchev–Trinajstić information content (AvgIpc) is 3.16. The number of aliphatic hydroxyl groups excluding tert-OH is 1. The van der Waals surface area contributed by atoms with Crippen molar-refractivity contribution in [3.05, 3.63) is 29.0 Å². The number of benzene rings is 1. The number of nitrogens with one attached hydrogen (secondary N) is 1. The maximum Gasteiger partial charge on any atom is 0.321 e. The molecule has 0 radical (unpaired) electrons. The molecule has 0 spiro atoms. The molecular formula is C13H16ClFN2O2. The maximum absolute atomic E-state index is 12.9. The molecule has 1 fully saturated rings. The maximum atomic E-state index is 12.9. The van der Waals surface area contributed by atoms with Crippen molar-refractivity contribution in [1.29, 1.82) is 0 Å². The van der Waals surface area contributed by atoms with Gasteiger partial charge in [0.1, 0.15) is 5.82 Å². The van der Waals surface area contributed by atoms with Gasteiger partial charge in [-0.3, -0.25) is 0 Å². The Labute approximate surface area is 116 Å². The van der Waals surface area contributed by atoms with Gasteiger partial charge >= 0.3 is 6.03 Å². The van der Waals surface area contributed by atoms with Crippen LogP contribution in [0.15, 0.2) is 18.2 Å². The predicted molar refractivity (Wildman–Crippen MR) is 71.8 cm³/mol. The number of hydrogen-bond acceptors (Lipinski definition) is 2. The molecule has 4 nitrogen and oxygen atoms in total. The second-order valence-electron chi connectivity index (χ2n) is 4.84. The van der Waals surface area contributed by atoms with Gasteiger partial charge < -0.3 is 15.3 Å². The Morgan fingerprint density at radius 2 is 2.32 bits per heavy atom. The van der Waals surface area contributed by atoms with Crippen molar-refractivity contribution < 1.29 is 14.3 Å². The quantitative estimate of drug-likeness (QED) is 0.894. The van der Waals surface area contributed by atoms with Crippen molar-refractivity contribution in [3.63, 3.8) is 0 Å². The Bertz CT molecular complexity index is 480. The SMILES string of the molecule is CN(CC(O)C1CC1)C(=O)Nc1ccc(F)cc1Cl. The van der Waals surface area contributed by atoms with E-state index in [0.29, 0.717) is 11.6 Å². The highest BCUT2D eigenvalue weighted by molar-refractivity contribution is 6.33. The second-order valence-corrected chi connectivity index (χ2v) is 5.25. The molecular weight excluding hydrogens is 271 g/mol. The number of anilines is 1. The highest BCUT2D eigenvalue weighted by Gasteiger charge is 2.31. The molecule has 0 heterocycles. The molecule has 104 valence electrons. The summed E-state index contributed by atoms with van der Waals surface area (Å²) in [6, 6.07) is 3.38. The summed E-state index contributed by atoms with van der Waals surface area (Å²) in [5, 5.41) is 12.5. The average molecular weight is 287 g/mol. The fraction of sp³-hybridized carbons (Fsp3) is 0.462. The molecule has 2 N–H and O–H groups in total. The largest absolute Gasteiger partial charge is 0.391 e. The van der Waals surface area contributed by atoms with E-state index in [9.17, 15) is 14.3 Å². The number of hydrogen-bond donors (Lipinski definition) is 2. The number of halogens is 2. The number of carbonyl (C=O) groups is 1. The third-order valence-electron chi connectivity index (χ3n) is 3.15. The van der Waals surface area contributed by atoms with Crippen molar-refractivity contribution in [1.82, 2.24) is 4.90 Å². The van der Waals surface area contributed by atoms with Gasteiger partial charge in [-0.15, -0.1) is 0 Å². The van der Waals surface area contributed by atoms with Crippen LogP contribution in [0.1, 0.15) is 12.8 Å². The molecule has 1 aromatic rings. The van der Waals surface area contributed by atoms with Crippen LogP contribution in [0.5, 0.6) is 0 Å². The number of urea groups is 1. The number of rotatable bonds is 4. The van der Waals surface area contributed by atoms with Crippen LogP contribution < -0.4 is 5.32 Å². The normalized spacial score (nSPS) is 16.0. The summed E-state index contributed by atoms with van der Waals surface area (Å²) in [5.74, 6) is -0.148. The molecule has 19 heavy (non-hydrogen) atoms. The fourth-order valence-electron chi connectivity index (χ4n) is 1.80. The van der Waals surface area contributed by atoms with Gasteiger partial charge in [0.05, 0.1) is 16.8 Å². The number of amides is 2. The molecule has 2 rings (SSSR count). The van der Waals surface area contributed by atoms with E-state index in [1.165, 1.54) is 17.0 Å². The lowest BCUT2D eigenvalue weighted by molar-refractivity contribution is 0.117. The van der Waals surface area contributed by atoms with Crippen molar-refractivity contribution >= 4 is 23.3 Å². The molecule has 0 bridgehead atoms. The van der Waals surface area contributed by atoms with Crippen LogP contribution in [0.25, 0.3) is 0 Å². The van der Waals surface area contributed by atoms with E-state index >= 15 is 0 Å². The Morgan fingerprint density at radius 1 is 1.63 bits per heavy atom. The van der Waals surface area contributed by atoms with E-state index in [1.807, 2.05) is 0 Å². The van der Waals surface area contributed by atoms with Crippen LogP contribution in [0, 0.1) is 11.7 Å². The Balaban J connectivity index is 1.91. The zero-order valence-corrected chi connectivity index (χ0v) is 11.3. The van der Waals surface area contributed by atoms with E-state index in [-0.39, 0.29) is 17.6 Å². The summed E-state index contributed by atoms with van der Waals surface area (Å²) >= 11 is 5.82. The van der Waals surface area contributed by atoms with E-state index in [0.717, 1.165) is 18.9 Å². The van der Waals surface area contributed by atoms with Crippen LogP contribution in [0.3, 0.4) is 0 Å². The smallest absolute Gasteiger partial charge is 0.321 e. The van der Waals surface area contributed by atoms with Crippen LogP contribution in [0.2, 0.25) is 5.02 Å². The molecule has 1 unspecified atom stereocenters. The van der Waals surface area contributed by atoms with Crippen molar-refractivity contribution in [2.75, 3.05) is 18.9 Å². The van der Waals surface area contributed by atoms with Crippen molar-refractivity contribution in [2.24, 2.45) is 5.92 Å². The van der Waals surface area contributed by atoms with Crippen LogP contribution in [0.4, 0.5) is 14.9 Å². The molecule has 0 aromatic heterocycles. The standard InChI is InChI=1S/C13H16ClFN2O2/c1-17(7-12(18)8-2-3-8)13(19)16-11-5-4-9(15)6-10(11)14/h4-6,8,12,18H,2-3,7H2,1H3,(H,16,19). The number of nitrogens with zero attached hydrogens (tertiary/aromatic N) is 1. The second kappa shape index (κ2) is 5.75. The lowest BCUT2D eigenvalue weighted by Gasteiger charge is -2.21. The summed E-state index contributed by atoms with van der Waals surface area (Å²) in [5.41, 5.74) is 0.348. The molecule has 1 atom stereocenters. The first-order valence-corrected chi connectivity index (χ1v) is 6.50. The number of likely N-dealkylation sites (N-methyl/N-ethyl adjacent to an activating group) is 1. The molecule has 1 saturated carbocycles. The lowest BCUT2D eigenvalue weighted by Crippen LogP contribution is -2.38. The summed E-state index contributed by atoms with van der Waals surface area (Å²) in [7, 11) is 1.60. The first kappa shape index (κ1) is 14.1. The van der Waals surface area contributed by atoms with E-state index < -0.39 is 11.9 Å². The van der Waals surface area contributed by atoms with E-state index in [4.69, 9.17) is 11.6 Å². The highest BCUT2D eigenvalue weighted by atomic mass is 35.5. The summed E-state index contributed by atoms with van der Waals surface area (Å²) in [4.78, 5) is 13.3. The number of carbonyl (C=O) groups excluding carboxylic acids is 1. The van der Waals surface area contributed by atoms with Gasteiger partial charge in [-0.25, -0.2) is 9.18 Å². The summed E-state index contributed by atoms with van der Waals surface area (Å²) in [6.45, 7) is 0.273. The zero-order chi connectivity index (χ0) is 14.0. The van der Waals surface area contributed by atoms with Gasteiger partial charge in [0, 0.05) is 13.6 Å². The molecule has 0 aliphatic heterocycles. The minimum atomic E-state index is -0.487. The van der Waals surface area contributed by atoms with Crippen LogP contribution in [-0.2, 0) is 0 Å². The molecule has 1 aromatic carbocycles. The van der Waals surface area contributed by atoms with Crippen LogP contribution >= 0.6 is 11.6 Å². The predicted octanol–water partition coefficient (Wildman–Crippen LogP) is 2.71. The first-order valence-electron chi connectivity index (χ1n) is 6.12. The topological polar surface area (TPSA) is 52.6 Å². The molecule has 0 saturated heterocycles. The Morgan fingerprint density at radius 3 is 2.89 bits per heavy atom. The third kappa shape index (κ3) is 3.81. The van der Waals surface area contributed by atoms with Gasteiger partial charge in [0.2, 0.25) is 0 Å². The highest BCUT2D eigenvalue weighted by Crippen LogP contribution is 2.32. The van der Waals surface area contributed by atoms with Gasteiger partial charge in [-0.2, -0.15) is 0 Å². The van der Waals surface area contributed by atoms with Crippen LogP contribution in [-0.4, -0.2) is 35.7 Å². The first-order chi connectivity index (χ1) is 8.97. The van der Waals surface area contributed by atoms with Gasteiger partial charge in [-0.05, 0) is 37.0 Å². The van der Waals surface area contributed by atoms with Crippen molar-refractivity contribution in [3.8, 4) is 0 Å². The molecule has 1 aliphatic carbocycles. The minimum absolute atomic E-state index is 0.143. The summed E-state index contributed by atoms with van der Waals surface area (Å²) < 4.78 is 12.9. The third-order valence-corrected chi connectivity index (χ3v) is 3.46. The lowest BCUT2D eigenvalue weighted by atomic mass is 10.2. The van der Waals surface area contributed by atoms with Crippen molar-refractivity contribution in [2.45, 2.75) is 18.9 Å². The van der Waals surface area contributed by atoms with Gasteiger partial charge in [0.25, 0.3) is 0 Å². The van der Waals surface area contributed by atoms with E-state index in [2.05, 4.69) is 5.32 Å².